The molecule has 17 heavy (non-hydrogen) atoms. The number of hydrogen-bond acceptors (Lipinski definition) is 6. The minimum Gasteiger partial charge on any atom is -0.393 e. The molecule has 0 spiro atoms. The highest BCUT2D eigenvalue weighted by atomic mass is 16.3. The largest absolute Gasteiger partial charge is 0.393 e. The number of nitrogen functional groups attached to an aromatic ring is 1. The molecule has 1 aliphatic rings. The first-order valence-corrected chi connectivity index (χ1v) is 5.68. The van der Waals surface area contributed by atoms with Crippen molar-refractivity contribution in [2.24, 2.45) is 0 Å². The van der Waals surface area contributed by atoms with Crippen LogP contribution in [0.2, 0.25) is 0 Å². The molecule has 0 aromatic carbocycles. The van der Waals surface area contributed by atoms with Crippen molar-refractivity contribution in [2.75, 3.05) is 11.1 Å². The molecule has 1 aromatic heterocycles. The number of anilines is 2. The smallest absolute Gasteiger partial charge is 0.140 e. The van der Waals surface area contributed by atoms with E-state index in [1.165, 1.54) is 6.33 Å². The molecular formula is C11H17N5O. The Morgan fingerprint density at radius 3 is 2.88 bits per heavy atom. The number of aromatic nitrogens is 2. The van der Waals surface area contributed by atoms with Gasteiger partial charge in [-0.25, -0.2) is 9.97 Å². The summed E-state index contributed by atoms with van der Waals surface area (Å²) in [6.45, 7) is 1.66. The Kier molecular flexibility index (Phi) is 3.23. The van der Waals surface area contributed by atoms with E-state index < -0.39 is 0 Å². The zero-order chi connectivity index (χ0) is 12.4. The highest BCUT2D eigenvalue weighted by Gasteiger charge is 2.24. The normalized spacial score (nSPS) is 23.6. The number of aliphatic hydroxyl groups is 1. The first-order chi connectivity index (χ1) is 8.08. The summed E-state index contributed by atoms with van der Waals surface area (Å²) in [5.41, 5.74) is 6.63. The van der Waals surface area contributed by atoms with Crippen molar-refractivity contribution in [1.29, 1.82) is 5.41 Å². The van der Waals surface area contributed by atoms with Crippen LogP contribution < -0.4 is 11.1 Å². The molecule has 1 aliphatic carbocycles. The maximum atomic E-state index is 9.47. The van der Waals surface area contributed by atoms with Gasteiger partial charge >= 0.3 is 0 Å². The Hall–Kier alpha value is -1.69. The first-order valence-electron chi connectivity index (χ1n) is 5.68. The van der Waals surface area contributed by atoms with E-state index in [1.54, 1.807) is 6.92 Å². The Labute approximate surface area is 99.8 Å². The molecule has 0 saturated heterocycles. The molecule has 92 valence electrons. The van der Waals surface area contributed by atoms with E-state index in [2.05, 4.69) is 15.3 Å². The second kappa shape index (κ2) is 4.67. The van der Waals surface area contributed by atoms with Gasteiger partial charge in [-0.15, -0.1) is 0 Å². The summed E-state index contributed by atoms with van der Waals surface area (Å²) >= 11 is 0. The minimum absolute atomic E-state index is 0.192. The predicted molar refractivity (Wildman–Crippen MR) is 66.2 cm³/mol. The summed E-state index contributed by atoms with van der Waals surface area (Å²) in [5.74, 6) is 0.901. The molecule has 0 bridgehead atoms. The Balaban J connectivity index is 2.20. The maximum absolute atomic E-state index is 9.47. The molecule has 1 aromatic rings. The van der Waals surface area contributed by atoms with E-state index in [0.717, 1.165) is 12.8 Å². The van der Waals surface area contributed by atoms with Gasteiger partial charge in [0.05, 0.1) is 11.7 Å². The monoisotopic (exact) mass is 235 g/mol. The molecule has 0 radical (unpaired) electrons. The van der Waals surface area contributed by atoms with Crippen molar-refractivity contribution in [1.82, 2.24) is 9.97 Å². The van der Waals surface area contributed by atoms with Crippen molar-refractivity contribution >= 4 is 17.3 Å². The number of rotatable bonds is 3. The number of nitrogens with zero attached hydrogens (tertiary/aromatic N) is 2. The maximum Gasteiger partial charge on any atom is 0.140 e. The van der Waals surface area contributed by atoms with Crippen molar-refractivity contribution in [2.45, 2.75) is 38.3 Å². The van der Waals surface area contributed by atoms with Crippen LogP contribution >= 0.6 is 0 Å². The van der Waals surface area contributed by atoms with Gasteiger partial charge in [0.15, 0.2) is 0 Å². The number of aliphatic hydroxyl groups excluding tert-OH is 1. The van der Waals surface area contributed by atoms with Gasteiger partial charge in [-0.2, -0.15) is 0 Å². The number of nitrogens with two attached hydrogens (primary N) is 1. The molecule has 5 N–H and O–H groups in total. The Bertz CT molecular complexity index is 434. The van der Waals surface area contributed by atoms with Crippen molar-refractivity contribution in [3.63, 3.8) is 0 Å². The molecule has 1 fully saturated rings. The third kappa shape index (κ3) is 2.52. The van der Waals surface area contributed by atoms with Gasteiger partial charge < -0.3 is 21.6 Å². The fraction of sp³-hybridized carbons (Fsp3) is 0.545. The first kappa shape index (κ1) is 11.8. The van der Waals surface area contributed by atoms with Crippen LogP contribution in [0.15, 0.2) is 6.33 Å². The van der Waals surface area contributed by atoms with Gasteiger partial charge in [0.2, 0.25) is 0 Å². The van der Waals surface area contributed by atoms with Crippen molar-refractivity contribution in [3.05, 3.63) is 11.9 Å². The second-order valence-electron chi connectivity index (χ2n) is 4.42. The molecule has 2 unspecified atom stereocenters. The predicted octanol–water partition coefficient (Wildman–Crippen LogP) is 0.772. The molecule has 1 saturated carbocycles. The van der Waals surface area contributed by atoms with E-state index >= 15 is 0 Å². The standard InChI is InChI=1S/C11H17N5O/c1-6(12)9-10(13)14-5-15-11(9)16-7-2-3-8(17)4-7/h5,7-8,12,17H,2-4H2,1H3,(H3,13,14,15,16). The van der Waals surface area contributed by atoms with Gasteiger partial charge in [-0.3, -0.25) is 0 Å². The van der Waals surface area contributed by atoms with Gasteiger partial charge in [0, 0.05) is 11.8 Å². The highest BCUT2D eigenvalue weighted by molar-refractivity contribution is 6.04. The van der Waals surface area contributed by atoms with Crippen LogP contribution in [-0.4, -0.2) is 32.9 Å². The van der Waals surface area contributed by atoms with E-state index in [1.807, 2.05) is 0 Å². The average Bonchev–Trinajstić information content (AvgIpc) is 2.63. The van der Waals surface area contributed by atoms with Crippen LogP contribution in [0, 0.1) is 5.41 Å². The van der Waals surface area contributed by atoms with Crippen LogP contribution in [0.25, 0.3) is 0 Å². The molecule has 2 atom stereocenters. The van der Waals surface area contributed by atoms with E-state index in [4.69, 9.17) is 11.1 Å². The summed E-state index contributed by atoms with van der Waals surface area (Å²) in [6, 6.07) is 0.192. The highest BCUT2D eigenvalue weighted by Crippen LogP contribution is 2.25. The van der Waals surface area contributed by atoms with Crippen molar-refractivity contribution < 1.29 is 5.11 Å². The third-order valence-electron chi connectivity index (χ3n) is 3.00. The molecule has 0 amide bonds. The third-order valence-corrected chi connectivity index (χ3v) is 3.00. The van der Waals surface area contributed by atoms with E-state index in [0.29, 0.717) is 29.3 Å². The SMILES string of the molecule is CC(=N)c1c(N)ncnc1NC1CCC(O)C1. The van der Waals surface area contributed by atoms with Crippen LogP contribution in [0.5, 0.6) is 0 Å². The van der Waals surface area contributed by atoms with Crippen LogP contribution in [0.1, 0.15) is 31.7 Å². The van der Waals surface area contributed by atoms with Crippen LogP contribution in [0.4, 0.5) is 11.6 Å². The summed E-state index contributed by atoms with van der Waals surface area (Å²) in [7, 11) is 0. The Morgan fingerprint density at radius 2 is 2.29 bits per heavy atom. The summed E-state index contributed by atoms with van der Waals surface area (Å²) in [6.07, 6.45) is 3.56. The van der Waals surface area contributed by atoms with Crippen molar-refractivity contribution in [3.8, 4) is 0 Å². The summed E-state index contributed by atoms with van der Waals surface area (Å²) < 4.78 is 0. The van der Waals surface area contributed by atoms with Gasteiger partial charge in [0.25, 0.3) is 0 Å². The van der Waals surface area contributed by atoms with E-state index in [-0.39, 0.29) is 12.1 Å². The zero-order valence-corrected chi connectivity index (χ0v) is 9.77. The van der Waals surface area contributed by atoms with E-state index in [9.17, 15) is 5.11 Å². The number of hydrogen-bond donors (Lipinski definition) is 4. The second-order valence-corrected chi connectivity index (χ2v) is 4.42. The quantitative estimate of drug-likeness (QED) is 0.579. The average molecular weight is 235 g/mol. The molecule has 6 nitrogen and oxygen atoms in total. The minimum atomic E-state index is -0.240. The topological polar surface area (TPSA) is 108 Å². The molecule has 1 heterocycles. The van der Waals surface area contributed by atoms with Gasteiger partial charge in [0.1, 0.15) is 18.0 Å². The Morgan fingerprint density at radius 1 is 1.53 bits per heavy atom. The fourth-order valence-corrected chi connectivity index (χ4v) is 2.16. The van der Waals surface area contributed by atoms with Gasteiger partial charge in [-0.1, -0.05) is 0 Å². The molecule has 6 heteroatoms. The molecule has 2 rings (SSSR count). The van der Waals surface area contributed by atoms with Crippen LogP contribution in [0.3, 0.4) is 0 Å². The molecule has 0 aliphatic heterocycles. The lowest BCUT2D eigenvalue weighted by atomic mass is 10.1. The lowest BCUT2D eigenvalue weighted by Crippen LogP contribution is -2.20. The lowest BCUT2D eigenvalue weighted by Gasteiger charge is -2.16. The summed E-state index contributed by atoms with van der Waals surface area (Å²) in [5, 5.41) is 20.4. The zero-order valence-electron chi connectivity index (χ0n) is 9.77. The lowest BCUT2D eigenvalue weighted by molar-refractivity contribution is 0.182. The van der Waals surface area contributed by atoms with Crippen LogP contribution in [-0.2, 0) is 0 Å². The fourth-order valence-electron chi connectivity index (χ4n) is 2.16. The molecular weight excluding hydrogens is 218 g/mol. The number of nitrogens with one attached hydrogen (secondary N) is 2. The summed E-state index contributed by atoms with van der Waals surface area (Å²) in [4.78, 5) is 8.01. The van der Waals surface area contributed by atoms with Gasteiger partial charge in [-0.05, 0) is 26.2 Å².